The van der Waals surface area contributed by atoms with Gasteiger partial charge in [-0.25, -0.2) is 9.48 Å². The molecule has 1 saturated carbocycles. The van der Waals surface area contributed by atoms with Gasteiger partial charge in [0.2, 0.25) is 0 Å². The van der Waals surface area contributed by atoms with E-state index in [9.17, 15) is 9.59 Å². The number of nitrogens with one attached hydrogen (secondary N) is 1. The van der Waals surface area contributed by atoms with Gasteiger partial charge in [0.05, 0.1) is 5.52 Å². The highest BCUT2D eigenvalue weighted by molar-refractivity contribution is 6.04. The van der Waals surface area contributed by atoms with Crippen LogP contribution in [0.25, 0.3) is 10.9 Å². The number of fused-ring (bicyclic) bond motifs is 2. The van der Waals surface area contributed by atoms with E-state index in [1.807, 2.05) is 31.3 Å². The number of amides is 1. The molecule has 0 radical (unpaired) electrons. The molecule has 0 saturated heterocycles. The van der Waals surface area contributed by atoms with Crippen molar-refractivity contribution in [3.05, 3.63) is 46.3 Å². The molecule has 1 fully saturated rings. The summed E-state index contributed by atoms with van der Waals surface area (Å²) in [6.45, 7) is 1.33. The van der Waals surface area contributed by atoms with Crippen LogP contribution in [0.15, 0.2) is 29.1 Å². The van der Waals surface area contributed by atoms with Gasteiger partial charge in [0.1, 0.15) is 5.82 Å². The van der Waals surface area contributed by atoms with Gasteiger partial charge in [0.15, 0.2) is 5.69 Å². The van der Waals surface area contributed by atoms with E-state index in [4.69, 9.17) is 0 Å². The Labute approximate surface area is 162 Å². The van der Waals surface area contributed by atoms with Crippen molar-refractivity contribution >= 4 is 16.8 Å². The van der Waals surface area contributed by atoms with Crippen LogP contribution in [0.1, 0.15) is 42.0 Å². The quantitative estimate of drug-likeness (QED) is 0.743. The smallest absolute Gasteiger partial charge is 0.345 e. The highest BCUT2D eigenvalue weighted by Gasteiger charge is 2.27. The maximum Gasteiger partial charge on any atom is 0.345 e. The van der Waals surface area contributed by atoms with E-state index in [0.29, 0.717) is 24.6 Å². The van der Waals surface area contributed by atoms with Gasteiger partial charge in [0.25, 0.3) is 5.91 Å². The summed E-state index contributed by atoms with van der Waals surface area (Å²) >= 11 is 0. The normalized spacial score (nSPS) is 19.4. The van der Waals surface area contributed by atoms with Crippen LogP contribution >= 0.6 is 0 Å². The Morgan fingerprint density at radius 3 is 2.82 bits per heavy atom. The molecule has 3 aromatic rings. The molecule has 5 rings (SSSR count). The third-order valence-corrected chi connectivity index (χ3v) is 5.85. The Bertz CT molecular complexity index is 1100. The van der Waals surface area contributed by atoms with E-state index in [-0.39, 0.29) is 17.6 Å². The van der Waals surface area contributed by atoms with E-state index in [1.54, 1.807) is 13.9 Å². The molecule has 2 aliphatic rings. The number of nitrogens with zero attached hydrogens (tertiary/aromatic N) is 5. The summed E-state index contributed by atoms with van der Waals surface area (Å²) in [6, 6.07) is 7.73. The third-order valence-electron chi connectivity index (χ3n) is 5.85. The lowest BCUT2D eigenvalue weighted by molar-refractivity contribution is 0.0928. The number of carbonyl (C=O) groups is 1. The minimum absolute atomic E-state index is 0.00579. The first kappa shape index (κ1) is 17.2. The molecular weight excluding hydrogens is 356 g/mol. The highest BCUT2D eigenvalue weighted by atomic mass is 16.2. The molecule has 0 spiro atoms. The predicted octanol–water partition coefficient (Wildman–Crippen LogP) is 1.48. The molecule has 146 valence electrons. The lowest BCUT2D eigenvalue weighted by Gasteiger charge is -2.15. The Morgan fingerprint density at radius 1 is 1.18 bits per heavy atom. The molecule has 0 bridgehead atoms. The molecule has 1 atom stereocenters. The largest absolute Gasteiger partial charge is 0.348 e. The van der Waals surface area contributed by atoms with Crippen molar-refractivity contribution in [1.82, 2.24) is 29.4 Å². The van der Waals surface area contributed by atoms with Gasteiger partial charge in [-0.05, 0) is 37.7 Å². The zero-order chi connectivity index (χ0) is 19.3. The topological polar surface area (TPSA) is 86.7 Å². The van der Waals surface area contributed by atoms with Crippen LogP contribution in [0.3, 0.4) is 0 Å². The van der Waals surface area contributed by atoms with Crippen LogP contribution in [0.4, 0.5) is 0 Å². The van der Waals surface area contributed by atoms with Crippen molar-refractivity contribution in [1.29, 1.82) is 0 Å². The summed E-state index contributed by atoms with van der Waals surface area (Å²) in [5.41, 5.74) is 1.38. The van der Waals surface area contributed by atoms with Crippen molar-refractivity contribution < 1.29 is 4.79 Å². The van der Waals surface area contributed by atoms with Crippen molar-refractivity contribution in [2.24, 2.45) is 13.0 Å². The zero-order valence-corrected chi connectivity index (χ0v) is 16.0. The van der Waals surface area contributed by atoms with Crippen LogP contribution < -0.4 is 11.0 Å². The fourth-order valence-corrected chi connectivity index (χ4v) is 4.07. The van der Waals surface area contributed by atoms with Crippen molar-refractivity contribution in [2.45, 2.75) is 51.2 Å². The lowest BCUT2D eigenvalue weighted by atomic mass is 10.1. The fraction of sp³-hybridized carbons (Fsp3) is 0.500. The summed E-state index contributed by atoms with van der Waals surface area (Å²) in [5, 5.41) is 12.9. The van der Waals surface area contributed by atoms with E-state index >= 15 is 0 Å². The van der Waals surface area contributed by atoms with Crippen LogP contribution in [-0.4, -0.2) is 36.1 Å². The molecule has 8 nitrogen and oxygen atoms in total. The second-order valence-electron chi connectivity index (χ2n) is 7.96. The van der Waals surface area contributed by atoms with E-state index < -0.39 is 0 Å². The first-order valence-electron chi connectivity index (χ1n) is 9.99. The summed E-state index contributed by atoms with van der Waals surface area (Å²) in [5.74, 6) is 1.30. The van der Waals surface area contributed by atoms with Gasteiger partial charge in [-0.2, -0.15) is 10.2 Å². The molecule has 3 heterocycles. The van der Waals surface area contributed by atoms with Crippen LogP contribution in [-0.2, 0) is 26.6 Å². The number of hydrogen-bond acceptors (Lipinski definition) is 4. The molecule has 1 unspecified atom stereocenters. The lowest BCUT2D eigenvalue weighted by Crippen LogP contribution is -2.36. The van der Waals surface area contributed by atoms with E-state index in [1.165, 1.54) is 12.8 Å². The Hall–Kier alpha value is -2.90. The predicted molar refractivity (Wildman–Crippen MR) is 104 cm³/mol. The number of hydrogen-bond donors (Lipinski definition) is 1. The standard InChI is InChI=1S/C20H24N6O2/c1-24-16-5-3-2-4-15(16)18(23-24)19(27)21-14-8-9-17-22-26(12-13-6-7-13)20(28)25(17)11-10-14/h2-5,13-14H,6-12H2,1H3,(H,21,27). The minimum atomic E-state index is -0.160. The molecule has 1 aliphatic heterocycles. The van der Waals surface area contributed by atoms with Gasteiger partial charge in [0, 0.05) is 38.0 Å². The average molecular weight is 380 g/mol. The van der Waals surface area contributed by atoms with Crippen molar-refractivity contribution in [2.75, 3.05) is 0 Å². The maximum absolute atomic E-state index is 12.8. The number of para-hydroxylation sites is 1. The number of aromatic nitrogens is 5. The van der Waals surface area contributed by atoms with Gasteiger partial charge in [-0.1, -0.05) is 18.2 Å². The Balaban J connectivity index is 1.30. The van der Waals surface area contributed by atoms with E-state index in [0.717, 1.165) is 36.1 Å². The molecule has 1 aromatic carbocycles. The molecule has 1 aliphatic carbocycles. The van der Waals surface area contributed by atoms with Crippen molar-refractivity contribution in [3.63, 3.8) is 0 Å². The number of benzene rings is 1. The fourth-order valence-electron chi connectivity index (χ4n) is 4.07. The number of aryl methyl sites for hydroxylation is 2. The second-order valence-corrected chi connectivity index (χ2v) is 7.96. The third kappa shape index (κ3) is 3.02. The average Bonchev–Trinajstić information content (AvgIpc) is 3.42. The molecule has 1 amide bonds. The molecular formula is C20H24N6O2. The van der Waals surface area contributed by atoms with Gasteiger partial charge in [-0.3, -0.25) is 14.0 Å². The number of carbonyl (C=O) groups excluding carboxylic acids is 1. The van der Waals surface area contributed by atoms with Gasteiger partial charge >= 0.3 is 5.69 Å². The molecule has 2 aromatic heterocycles. The summed E-state index contributed by atoms with van der Waals surface area (Å²) < 4.78 is 5.14. The monoisotopic (exact) mass is 380 g/mol. The van der Waals surface area contributed by atoms with E-state index in [2.05, 4.69) is 15.5 Å². The summed E-state index contributed by atoms with van der Waals surface area (Å²) in [4.78, 5) is 25.4. The number of rotatable bonds is 4. The van der Waals surface area contributed by atoms with Crippen LogP contribution in [0, 0.1) is 5.92 Å². The van der Waals surface area contributed by atoms with Crippen molar-refractivity contribution in [3.8, 4) is 0 Å². The second kappa shape index (κ2) is 6.61. The van der Waals surface area contributed by atoms with Crippen LogP contribution in [0.5, 0.6) is 0 Å². The molecule has 8 heteroatoms. The first-order valence-corrected chi connectivity index (χ1v) is 9.99. The van der Waals surface area contributed by atoms with Gasteiger partial charge < -0.3 is 5.32 Å². The van der Waals surface area contributed by atoms with Gasteiger partial charge in [-0.15, -0.1) is 0 Å². The SMILES string of the molecule is Cn1nc(C(=O)NC2CCc3nn(CC4CC4)c(=O)n3CC2)c2ccccc21. The molecule has 28 heavy (non-hydrogen) atoms. The zero-order valence-electron chi connectivity index (χ0n) is 16.0. The Morgan fingerprint density at radius 2 is 2.00 bits per heavy atom. The Kier molecular flexibility index (Phi) is 4.07. The molecule has 1 N–H and O–H groups in total. The van der Waals surface area contributed by atoms with Crippen LogP contribution in [0.2, 0.25) is 0 Å². The summed E-state index contributed by atoms with van der Waals surface area (Å²) in [6.07, 6.45) is 4.59. The first-order chi connectivity index (χ1) is 13.6. The highest BCUT2D eigenvalue weighted by Crippen LogP contribution is 2.30. The maximum atomic E-state index is 12.8. The summed E-state index contributed by atoms with van der Waals surface area (Å²) in [7, 11) is 1.84. The minimum Gasteiger partial charge on any atom is -0.348 e.